The smallest absolute Gasteiger partial charge is 0.335 e. The summed E-state index contributed by atoms with van der Waals surface area (Å²) in [6.07, 6.45) is -0.0474. The first kappa shape index (κ1) is 30.8. The molecule has 3 rings (SSSR count). The van der Waals surface area contributed by atoms with E-state index in [1.165, 1.54) is 36.3 Å². The summed E-state index contributed by atoms with van der Waals surface area (Å²) in [4.78, 5) is 51.1. The summed E-state index contributed by atoms with van der Waals surface area (Å²) >= 11 is 0. The molecule has 3 aromatic rings. The van der Waals surface area contributed by atoms with Crippen molar-refractivity contribution >= 4 is 29.4 Å². The van der Waals surface area contributed by atoms with E-state index in [1.807, 2.05) is 0 Å². The predicted octanol–water partition coefficient (Wildman–Crippen LogP) is 5.03. The van der Waals surface area contributed by atoms with Crippen molar-refractivity contribution in [2.75, 3.05) is 19.0 Å². The number of hydrogen-bond donors (Lipinski definition) is 2. The third-order valence-electron chi connectivity index (χ3n) is 5.93. The Kier molecular flexibility index (Phi) is 10.2. The van der Waals surface area contributed by atoms with Crippen LogP contribution in [0, 0.1) is 0 Å². The quantitative estimate of drug-likeness (QED) is 0.313. The fourth-order valence-corrected chi connectivity index (χ4v) is 3.99. The van der Waals surface area contributed by atoms with Gasteiger partial charge in [-0.25, -0.2) is 9.18 Å². The SMILES string of the molecule is COc1ccc(CC(=O)Nc2ccc(C(=O)N(CC(=O)OC(C)(C)C)Cc3ccc(C(=O)O)cc3)cc2)c(CF)c1. The number of aromatic carboxylic acids is 1. The Bertz CT molecular complexity index is 1400. The van der Waals surface area contributed by atoms with E-state index in [-0.39, 0.29) is 36.5 Å². The van der Waals surface area contributed by atoms with Gasteiger partial charge in [0.2, 0.25) is 5.91 Å². The first-order valence-corrected chi connectivity index (χ1v) is 12.8. The van der Waals surface area contributed by atoms with Crippen LogP contribution in [0.5, 0.6) is 5.75 Å². The Morgan fingerprint density at radius 3 is 2.10 bits per heavy atom. The lowest BCUT2D eigenvalue weighted by Gasteiger charge is -2.25. The number of halogens is 1. The number of esters is 1. The maximum atomic E-state index is 13.4. The van der Waals surface area contributed by atoms with Crippen LogP contribution in [0.1, 0.15) is 58.2 Å². The third kappa shape index (κ3) is 9.16. The zero-order valence-corrected chi connectivity index (χ0v) is 23.4. The van der Waals surface area contributed by atoms with Crippen LogP contribution < -0.4 is 10.1 Å². The molecule has 0 aromatic heterocycles. The summed E-state index contributed by atoms with van der Waals surface area (Å²) < 4.78 is 23.9. The number of hydrogen-bond acceptors (Lipinski definition) is 6. The van der Waals surface area contributed by atoms with Gasteiger partial charge < -0.3 is 24.8 Å². The number of carboxylic acid groups (broad SMARTS) is 1. The molecule has 10 heteroatoms. The highest BCUT2D eigenvalue weighted by Gasteiger charge is 2.24. The first-order chi connectivity index (χ1) is 19.4. The van der Waals surface area contributed by atoms with Gasteiger partial charge in [-0.2, -0.15) is 0 Å². The number of benzene rings is 3. The number of nitrogens with one attached hydrogen (secondary N) is 1. The van der Waals surface area contributed by atoms with Gasteiger partial charge in [-0.3, -0.25) is 14.4 Å². The normalized spacial score (nSPS) is 11.0. The highest BCUT2D eigenvalue weighted by Crippen LogP contribution is 2.21. The van der Waals surface area contributed by atoms with Gasteiger partial charge in [-0.1, -0.05) is 18.2 Å². The second-order valence-electron chi connectivity index (χ2n) is 10.3. The molecule has 216 valence electrons. The van der Waals surface area contributed by atoms with Crippen molar-refractivity contribution in [2.24, 2.45) is 0 Å². The van der Waals surface area contributed by atoms with Crippen LogP contribution >= 0.6 is 0 Å². The lowest BCUT2D eigenvalue weighted by molar-refractivity contribution is -0.155. The molecule has 0 atom stereocenters. The summed E-state index contributed by atoms with van der Waals surface area (Å²) in [6, 6.07) is 17.0. The average molecular weight is 565 g/mol. The van der Waals surface area contributed by atoms with Crippen molar-refractivity contribution in [1.82, 2.24) is 4.90 Å². The minimum Gasteiger partial charge on any atom is -0.497 e. The van der Waals surface area contributed by atoms with E-state index in [0.29, 0.717) is 28.1 Å². The maximum absolute atomic E-state index is 13.4. The van der Waals surface area contributed by atoms with E-state index in [4.69, 9.17) is 14.6 Å². The van der Waals surface area contributed by atoms with Crippen molar-refractivity contribution in [2.45, 2.75) is 46.0 Å². The van der Waals surface area contributed by atoms with Crippen LogP contribution in [0.4, 0.5) is 10.1 Å². The Hall–Kier alpha value is -4.73. The number of ether oxygens (including phenoxy) is 2. The molecule has 0 unspecified atom stereocenters. The molecule has 0 bridgehead atoms. The molecule has 3 aromatic carbocycles. The van der Waals surface area contributed by atoms with Gasteiger partial charge in [-0.05, 0) is 86.0 Å². The van der Waals surface area contributed by atoms with Crippen molar-refractivity contribution in [3.8, 4) is 5.75 Å². The largest absolute Gasteiger partial charge is 0.497 e. The maximum Gasteiger partial charge on any atom is 0.335 e. The zero-order valence-electron chi connectivity index (χ0n) is 23.4. The average Bonchev–Trinajstić information content (AvgIpc) is 2.92. The third-order valence-corrected chi connectivity index (χ3v) is 5.93. The number of amides is 2. The van der Waals surface area contributed by atoms with E-state index >= 15 is 0 Å². The molecule has 0 fully saturated rings. The number of carbonyl (C=O) groups is 4. The van der Waals surface area contributed by atoms with E-state index in [0.717, 1.165) is 0 Å². The number of methoxy groups -OCH3 is 1. The molecule has 2 N–H and O–H groups in total. The Labute approximate surface area is 237 Å². The van der Waals surface area contributed by atoms with Crippen molar-refractivity contribution in [3.05, 3.63) is 94.5 Å². The fraction of sp³-hybridized carbons (Fsp3) is 0.290. The van der Waals surface area contributed by atoms with Gasteiger partial charge in [0.25, 0.3) is 5.91 Å². The molecule has 41 heavy (non-hydrogen) atoms. The van der Waals surface area contributed by atoms with Gasteiger partial charge in [0.05, 0.1) is 19.1 Å². The molecule has 0 aliphatic carbocycles. The number of carboxylic acids is 1. The molecule has 0 heterocycles. The van der Waals surface area contributed by atoms with Crippen LogP contribution in [-0.4, -0.2) is 53.0 Å². The summed E-state index contributed by atoms with van der Waals surface area (Å²) in [5.74, 6) is -1.98. The van der Waals surface area contributed by atoms with E-state index < -0.39 is 30.1 Å². The summed E-state index contributed by atoms with van der Waals surface area (Å²) in [5.41, 5.74) is 1.58. The molecule has 0 saturated carbocycles. The van der Waals surface area contributed by atoms with Gasteiger partial charge in [-0.15, -0.1) is 0 Å². The van der Waals surface area contributed by atoms with E-state index in [1.54, 1.807) is 63.2 Å². The van der Waals surface area contributed by atoms with Crippen molar-refractivity contribution < 1.29 is 38.1 Å². The summed E-state index contributed by atoms with van der Waals surface area (Å²) in [6.45, 7) is 4.15. The van der Waals surface area contributed by atoms with Crippen molar-refractivity contribution in [3.63, 3.8) is 0 Å². The summed E-state index contributed by atoms with van der Waals surface area (Å²) in [7, 11) is 1.48. The number of rotatable bonds is 11. The monoisotopic (exact) mass is 564 g/mol. The van der Waals surface area contributed by atoms with E-state index in [9.17, 15) is 23.6 Å². The topological polar surface area (TPSA) is 122 Å². The number of alkyl halides is 1. The van der Waals surface area contributed by atoms with Crippen LogP contribution in [0.2, 0.25) is 0 Å². The van der Waals surface area contributed by atoms with Gasteiger partial charge in [0, 0.05) is 17.8 Å². The molecule has 0 saturated heterocycles. The zero-order chi connectivity index (χ0) is 30.2. The highest BCUT2D eigenvalue weighted by molar-refractivity contribution is 5.97. The molecule has 9 nitrogen and oxygen atoms in total. The Morgan fingerprint density at radius 2 is 1.54 bits per heavy atom. The Balaban J connectivity index is 1.73. The molecule has 0 aliphatic rings. The van der Waals surface area contributed by atoms with Gasteiger partial charge in [0.1, 0.15) is 24.6 Å². The summed E-state index contributed by atoms with van der Waals surface area (Å²) in [5, 5.41) is 11.9. The minimum absolute atomic E-state index is 0.0369. The minimum atomic E-state index is -1.07. The molecule has 0 radical (unpaired) electrons. The number of nitrogens with zero attached hydrogens (tertiary/aromatic N) is 1. The number of anilines is 1. The second kappa shape index (κ2) is 13.6. The Morgan fingerprint density at radius 1 is 0.902 bits per heavy atom. The predicted molar refractivity (Wildman–Crippen MR) is 151 cm³/mol. The van der Waals surface area contributed by atoms with Gasteiger partial charge >= 0.3 is 11.9 Å². The van der Waals surface area contributed by atoms with Gasteiger partial charge in [0.15, 0.2) is 0 Å². The van der Waals surface area contributed by atoms with Crippen LogP contribution in [0.3, 0.4) is 0 Å². The fourth-order valence-electron chi connectivity index (χ4n) is 3.99. The lowest BCUT2D eigenvalue weighted by atomic mass is 10.0. The molecule has 0 aliphatic heterocycles. The molecule has 2 amide bonds. The second-order valence-corrected chi connectivity index (χ2v) is 10.3. The van der Waals surface area contributed by atoms with Crippen LogP contribution in [-0.2, 0) is 34.0 Å². The standard InChI is InChI=1S/C31H33FN2O7/c1-31(2,3)41-28(36)19-34(18-20-5-7-22(8-6-20)30(38)39)29(37)21-9-12-25(13-10-21)33-27(35)16-23-11-14-26(40-4)15-24(23)17-32/h5-15H,16-19H2,1-4H3,(H,33,35)(H,38,39). The molecule has 0 spiro atoms. The number of carbonyl (C=O) groups excluding carboxylic acids is 3. The van der Waals surface area contributed by atoms with Crippen LogP contribution in [0.25, 0.3) is 0 Å². The van der Waals surface area contributed by atoms with E-state index in [2.05, 4.69) is 5.32 Å². The van der Waals surface area contributed by atoms with Crippen molar-refractivity contribution in [1.29, 1.82) is 0 Å². The van der Waals surface area contributed by atoms with Crippen LogP contribution in [0.15, 0.2) is 66.7 Å². The molecular weight excluding hydrogens is 531 g/mol. The lowest BCUT2D eigenvalue weighted by Crippen LogP contribution is -2.38. The first-order valence-electron chi connectivity index (χ1n) is 12.8. The highest BCUT2D eigenvalue weighted by atomic mass is 19.1. The molecular formula is C31H33FN2O7.